The summed E-state index contributed by atoms with van der Waals surface area (Å²) in [5.74, 6) is 0.374. The molecule has 5 nitrogen and oxygen atoms in total. The van der Waals surface area contributed by atoms with Crippen molar-refractivity contribution in [3.63, 3.8) is 0 Å². The Morgan fingerprint density at radius 2 is 1.91 bits per heavy atom. The monoisotopic (exact) mass is 310 g/mol. The van der Waals surface area contributed by atoms with Crippen molar-refractivity contribution < 1.29 is 4.79 Å². The van der Waals surface area contributed by atoms with Crippen LogP contribution in [0.5, 0.6) is 0 Å². The Kier molecular flexibility index (Phi) is 3.93. The fraction of sp³-hybridized carbons (Fsp3) is 0.125. The van der Waals surface area contributed by atoms with E-state index in [-0.39, 0.29) is 5.91 Å². The van der Waals surface area contributed by atoms with Crippen LogP contribution in [-0.2, 0) is 0 Å². The van der Waals surface area contributed by atoms with Crippen molar-refractivity contribution >= 4 is 23.1 Å². The van der Waals surface area contributed by atoms with Crippen LogP contribution >= 0.6 is 11.3 Å². The van der Waals surface area contributed by atoms with Gasteiger partial charge in [-0.3, -0.25) is 9.78 Å². The van der Waals surface area contributed by atoms with Gasteiger partial charge in [0, 0.05) is 12.4 Å². The highest BCUT2D eigenvalue weighted by atomic mass is 32.1. The normalized spacial score (nSPS) is 10.5. The van der Waals surface area contributed by atoms with Crippen molar-refractivity contribution in [1.29, 1.82) is 0 Å². The van der Waals surface area contributed by atoms with E-state index >= 15 is 0 Å². The minimum absolute atomic E-state index is 0.195. The lowest BCUT2D eigenvalue weighted by atomic mass is 10.3. The minimum atomic E-state index is -0.195. The third kappa shape index (κ3) is 2.87. The van der Waals surface area contributed by atoms with Gasteiger partial charge in [0.25, 0.3) is 5.91 Å². The minimum Gasteiger partial charge on any atom is -0.306 e. The summed E-state index contributed by atoms with van der Waals surface area (Å²) >= 11 is 1.33. The number of carbonyl (C=O) groups excluding carboxylic acids is 1. The third-order valence-corrected chi connectivity index (χ3v) is 4.31. The summed E-state index contributed by atoms with van der Waals surface area (Å²) in [5.41, 5.74) is 2.38. The van der Waals surface area contributed by atoms with Gasteiger partial charge in [-0.15, -0.1) is 11.3 Å². The Labute approximate surface area is 132 Å². The van der Waals surface area contributed by atoms with Gasteiger partial charge in [-0.1, -0.05) is 12.1 Å². The Balaban J connectivity index is 1.88. The van der Waals surface area contributed by atoms with E-state index in [2.05, 4.69) is 20.3 Å². The van der Waals surface area contributed by atoms with Crippen LogP contribution in [-0.4, -0.2) is 20.9 Å². The fourth-order valence-corrected chi connectivity index (χ4v) is 2.93. The number of aryl methyl sites for hydroxylation is 2. The highest BCUT2D eigenvalue weighted by molar-refractivity contribution is 7.17. The zero-order valence-corrected chi connectivity index (χ0v) is 13.0. The number of anilines is 1. The van der Waals surface area contributed by atoms with E-state index in [0.717, 1.165) is 16.3 Å². The quantitative estimate of drug-likeness (QED) is 0.804. The maximum Gasteiger partial charge on any atom is 0.268 e. The van der Waals surface area contributed by atoms with Gasteiger partial charge in [-0.05, 0) is 37.6 Å². The SMILES string of the molecule is Cc1cccnc1NC(=O)c1sc(-c2ccccn2)nc1C. The van der Waals surface area contributed by atoms with E-state index in [1.165, 1.54) is 11.3 Å². The number of hydrogen-bond donors (Lipinski definition) is 1. The molecule has 0 saturated heterocycles. The highest BCUT2D eigenvalue weighted by Crippen LogP contribution is 2.27. The number of thiazole rings is 1. The van der Waals surface area contributed by atoms with Gasteiger partial charge in [0.2, 0.25) is 0 Å². The van der Waals surface area contributed by atoms with Crippen molar-refractivity contribution in [1.82, 2.24) is 15.0 Å². The van der Waals surface area contributed by atoms with Gasteiger partial charge in [0.15, 0.2) is 0 Å². The predicted molar refractivity (Wildman–Crippen MR) is 87.0 cm³/mol. The number of carbonyl (C=O) groups is 1. The average molecular weight is 310 g/mol. The van der Waals surface area contributed by atoms with Gasteiger partial charge < -0.3 is 5.32 Å². The number of nitrogens with one attached hydrogen (secondary N) is 1. The maximum atomic E-state index is 12.4. The van der Waals surface area contributed by atoms with Gasteiger partial charge >= 0.3 is 0 Å². The molecule has 1 N–H and O–H groups in total. The molecular weight excluding hydrogens is 296 g/mol. The summed E-state index contributed by atoms with van der Waals surface area (Å²) in [6, 6.07) is 9.37. The van der Waals surface area contributed by atoms with Crippen LogP contribution in [0.4, 0.5) is 5.82 Å². The zero-order chi connectivity index (χ0) is 15.5. The second-order valence-corrected chi connectivity index (χ2v) is 5.77. The largest absolute Gasteiger partial charge is 0.306 e. The molecule has 0 aliphatic carbocycles. The van der Waals surface area contributed by atoms with E-state index in [1.807, 2.05) is 44.2 Å². The van der Waals surface area contributed by atoms with E-state index in [9.17, 15) is 4.79 Å². The average Bonchev–Trinajstić information content (AvgIpc) is 2.92. The van der Waals surface area contributed by atoms with E-state index in [4.69, 9.17) is 0 Å². The first-order valence-electron chi connectivity index (χ1n) is 6.77. The van der Waals surface area contributed by atoms with Crippen LogP contribution in [0.25, 0.3) is 10.7 Å². The molecular formula is C16H14N4OS. The molecule has 0 unspecified atom stereocenters. The molecule has 3 aromatic rings. The van der Waals surface area contributed by atoms with Crippen LogP contribution in [0.3, 0.4) is 0 Å². The molecule has 0 fully saturated rings. The molecule has 6 heteroatoms. The lowest BCUT2D eigenvalue weighted by molar-refractivity contribution is 0.102. The van der Waals surface area contributed by atoms with Gasteiger partial charge in [-0.2, -0.15) is 0 Å². The number of rotatable bonds is 3. The standard InChI is InChI=1S/C16H14N4OS/c1-10-6-5-9-18-14(10)20-15(21)13-11(2)19-16(22-13)12-7-3-4-8-17-12/h3-9H,1-2H3,(H,18,20,21). The lowest BCUT2D eigenvalue weighted by Gasteiger charge is -2.05. The Morgan fingerprint density at radius 3 is 2.64 bits per heavy atom. The number of hydrogen-bond acceptors (Lipinski definition) is 5. The summed E-state index contributed by atoms with van der Waals surface area (Å²) in [6.45, 7) is 3.73. The Morgan fingerprint density at radius 1 is 1.09 bits per heavy atom. The second kappa shape index (κ2) is 6.03. The van der Waals surface area contributed by atoms with Gasteiger partial charge in [0.05, 0.1) is 11.4 Å². The fourth-order valence-electron chi connectivity index (χ4n) is 1.99. The third-order valence-electron chi connectivity index (χ3n) is 3.13. The van der Waals surface area contributed by atoms with Crippen LogP contribution in [0.15, 0.2) is 42.7 Å². The van der Waals surface area contributed by atoms with E-state index in [1.54, 1.807) is 12.4 Å². The van der Waals surface area contributed by atoms with Crippen molar-refractivity contribution in [3.8, 4) is 10.7 Å². The van der Waals surface area contributed by atoms with Crippen LogP contribution in [0, 0.1) is 13.8 Å². The molecule has 1 amide bonds. The summed E-state index contributed by atoms with van der Waals surface area (Å²) in [7, 11) is 0. The molecule has 3 rings (SSSR count). The molecule has 0 radical (unpaired) electrons. The molecule has 0 aromatic carbocycles. The molecule has 22 heavy (non-hydrogen) atoms. The topological polar surface area (TPSA) is 67.8 Å². The molecule has 0 saturated carbocycles. The number of amides is 1. The summed E-state index contributed by atoms with van der Waals surface area (Å²) in [6.07, 6.45) is 3.37. The van der Waals surface area contributed by atoms with Crippen molar-refractivity contribution in [2.24, 2.45) is 0 Å². The molecule has 0 aliphatic heterocycles. The summed E-state index contributed by atoms with van der Waals surface area (Å²) < 4.78 is 0. The lowest BCUT2D eigenvalue weighted by Crippen LogP contribution is -2.13. The summed E-state index contributed by atoms with van der Waals surface area (Å²) in [4.78, 5) is 25.9. The van der Waals surface area contributed by atoms with Crippen LogP contribution < -0.4 is 5.32 Å². The van der Waals surface area contributed by atoms with Crippen molar-refractivity contribution in [3.05, 3.63) is 58.9 Å². The first-order valence-corrected chi connectivity index (χ1v) is 7.58. The molecule has 0 spiro atoms. The second-order valence-electron chi connectivity index (χ2n) is 4.77. The molecule has 0 bridgehead atoms. The first kappa shape index (κ1) is 14.3. The number of nitrogens with zero attached hydrogens (tertiary/aromatic N) is 3. The first-order chi connectivity index (χ1) is 10.6. The zero-order valence-electron chi connectivity index (χ0n) is 12.2. The Bertz CT molecular complexity index is 814. The maximum absolute atomic E-state index is 12.4. The smallest absolute Gasteiger partial charge is 0.268 e. The van der Waals surface area contributed by atoms with Crippen LogP contribution in [0.1, 0.15) is 20.9 Å². The molecule has 0 atom stereocenters. The van der Waals surface area contributed by atoms with E-state index in [0.29, 0.717) is 16.4 Å². The Hall–Kier alpha value is -2.60. The summed E-state index contributed by atoms with van der Waals surface area (Å²) in [5, 5.41) is 3.57. The van der Waals surface area contributed by atoms with Crippen molar-refractivity contribution in [2.45, 2.75) is 13.8 Å². The molecule has 3 aromatic heterocycles. The number of pyridine rings is 2. The van der Waals surface area contributed by atoms with E-state index < -0.39 is 0 Å². The van der Waals surface area contributed by atoms with Crippen molar-refractivity contribution in [2.75, 3.05) is 5.32 Å². The molecule has 3 heterocycles. The van der Waals surface area contributed by atoms with Gasteiger partial charge in [-0.25, -0.2) is 9.97 Å². The molecule has 110 valence electrons. The predicted octanol–water partition coefficient (Wildman–Crippen LogP) is 3.47. The van der Waals surface area contributed by atoms with Crippen LogP contribution in [0.2, 0.25) is 0 Å². The highest BCUT2D eigenvalue weighted by Gasteiger charge is 2.17. The number of aromatic nitrogens is 3. The molecule has 0 aliphatic rings. The van der Waals surface area contributed by atoms with Gasteiger partial charge in [0.1, 0.15) is 15.7 Å².